The van der Waals surface area contributed by atoms with E-state index in [0.717, 1.165) is 0 Å². The fourth-order valence-electron chi connectivity index (χ4n) is 2.02. The van der Waals surface area contributed by atoms with Crippen molar-refractivity contribution in [3.63, 3.8) is 0 Å². The van der Waals surface area contributed by atoms with E-state index in [2.05, 4.69) is 101 Å². The molecule has 0 saturated heterocycles. The van der Waals surface area contributed by atoms with Crippen molar-refractivity contribution in [1.29, 1.82) is 0 Å². The predicted molar refractivity (Wildman–Crippen MR) is 104 cm³/mol. The van der Waals surface area contributed by atoms with Crippen LogP contribution in [-0.2, 0) is 0 Å². The molecule has 0 atom stereocenters. The maximum absolute atomic E-state index is 3.35. The molecule has 0 bridgehead atoms. The molecule has 22 heavy (non-hydrogen) atoms. The van der Waals surface area contributed by atoms with Crippen molar-refractivity contribution in [3.05, 3.63) is 60.7 Å². The molecule has 2 rings (SSSR count). The zero-order valence-electron chi connectivity index (χ0n) is 13.5. The molecule has 0 aliphatic heterocycles. The molecule has 0 saturated carbocycles. The molecule has 0 amide bonds. The SMILES string of the molecule is C[Si](C)(C)CC[Se]C(=[Se])N(c1ccccc1)c1ccccc1. The summed E-state index contributed by atoms with van der Waals surface area (Å²) in [6.45, 7) is 7.36. The van der Waals surface area contributed by atoms with Crippen LogP contribution in [0.5, 0.6) is 0 Å². The molecule has 0 N–H and O–H groups in total. The Morgan fingerprint density at radius 3 is 1.77 bits per heavy atom. The van der Waals surface area contributed by atoms with Crippen molar-refractivity contribution in [3.8, 4) is 0 Å². The number of hydrogen-bond acceptors (Lipinski definition) is 1. The van der Waals surface area contributed by atoms with E-state index in [-0.39, 0.29) is 0 Å². The van der Waals surface area contributed by atoms with Crippen molar-refractivity contribution < 1.29 is 0 Å². The van der Waals surface area contributed by atoms with E-state index in [9.17, 15) is 0 Å². The number of para-hydroxylation sites is 2. The van der Waals surface area contributed by atoms with E-state index in [1.165, 1.54) is 26.2 Å². The summed E-state index contributed by atoms with van der Waals surface area (Å²) in [5.74, 6) is 0. The Bertz CT molecular complexity index is 554. The second-order valence-electron chi connectivity index (χ2n) is 6.43. The van der Waals surface area contributed by atoms with Crippen molar-refractivity contribution in [2.75, 3.05) is 4.90 Å². The molecule has 0 aromatic heterocycles. The van der Waals surface area contributed by atoms with Gasteiger partial charge in [0.1, 0.15) is 0 Å². The summed E-state index contributed by atoms with van der Waals surface area (Å²) in [5.41, 5.74) is 2.47. The number of rotatable bonds is 7. The number of benzene rings is 2. The van der Waals surface area contributed by atoms with Gasteiger partial charge < -0.3 is 0 Å². The molecular weight excluding hydrogens is 416 g/mol. The van der Waals surface area contributed by atoms with Gasteiger partial charge in [-0.05, 0) is 0 Å². The third-order valence-corrected chi connectivity index (χ3v) is 9.28. The first-order valence-electron chi connectivity index (χ1n) is 7.54. The quantitative estimate of drug-likeness (QED) is 0.573. The molecule has 0 radical (unpaired) electrons. The normalized spacial score (nSPS) is 11.2. The van der Waals surface area contributed by atoms with Gasteiger partial charge in [0.2, 0.25) is 0 Å². The standard InChI is InChI=1S/C18H23NSe2Si/c1-22(2,3)15-14-21-18(20)19(16-10-6-4-7-11-16)17-12-8-5-9-13-17/h4-13H,14-15H2,1-3H3. The Morgan fingerprint density at radius 2 is 1.36 bits per heavy atom. The molecule has 4 heteroatoms. The summed E-state index contributed by atoms with van der Waals surface area (Å²) < 4.78 is 1.36. The summed E-state index contributed by atoms with van der Waals surface area (Å²) in [5, 5.41) is 1.32. The van der Waals surface area contributed by atoms with Crippen LogP contribution in [-0.4, -0.2) is 42.0 Å². The van der Waals surface area contributed by atoms with Gasteiger partial charge in [-0.25, -0.2) is 0 Å². The van der Waals surface area contributed by atoms with Crippen LogP contribution in [0.4, 0.5) is 11.4 Å². The Morgan fingerprint density at radius 1 is 0.909 bits per heavy atom. The van der Waals surface area contributed by atoms with E-state index < -0.39 is 8.07 Å². The number of nitrogens with zero attached hydrogens (tertiary/aromatic N) is 1. The van der Waals surface area contributed by atoms with E-state index >= 15 is 0 Å². The molecule has 0 fully saturated rings. The molecule has 0 heterocycles. The molecule has 0 aliphatic carbocycles. The molecule has 2 aromatic carbocycles. The van der Waals surface area contributed by atoms with Crippen molar-refractivity contribution in [2.24, 2.45) is 0 Å². The zero-order chi connectivity index (χ0) is 16.0. The Balaban J connectivity index is 2.17. The van der Waals surface area contributed by atoms with Gasteiger partial charge in [-0.2, -0.15) is 0 Å². The predicted octanol–water partition coefficient (Wildman–Crippen LogP) is 4.54. The van der Waals surface area contributed by atoms with Gasteiger partial charge >= 0.3 is 150 Å². The summed E-state index contributed by atoms with van der Waals surface area (Å²) in [4.78, 5) is 2.37. The van der Waals surface area contributed by atoms with Gasteiger partial charge in [0.25, 0.3) is 0 Å². The molecule has 0 spiro atoms. The fourth-order valence-corrected chi connectivity index (χ4v) is 9.66. The minimum absolute atomic E-state index is 0.492. The second-order valence-corrected chi connectivity index (χ2v) is 16.4. The molecule has 0 unspecified atom stereocenters. The molecule has 1 nitrogen and oxygen atoms in total. The topological polar surface area (TPSA) is 3.24 Å². The zero-order valence-corrected chi connectivity index (χ0v) is 17.9. The van der Waals surface area contributed by atoms with Gasteiger partial charge in [0.05, 0.1) is 0 Å². The summed E-state index contributed by atoms with van der Waals surface area (Å²) in [7, 11) is -0.948. The van der Waals surface area contributed by atoms with Crippen LogP contribution in [0, 0.1) is 0 Å². The van der Waals surface area contributed by atoms with E-state index in [1.54, 1.807) is 0 Å². The Labute approximate surface area is 149 Å². The van der Waals surface area contributed by atoms with Crippen molar-refractivity contribution in [1.82, 2.24) is 0 Å². The monoisotopic (exact) mass is 441 g/mol. The molecular formula is C18H23NSe2Si. The number of anilines is 2. The minimum atomic E-state index is -0.948. The summed E-state index contributed by atoms with van der Waals surface area (Å²) in [6.07, 6.45) is 0. The third-order valence-electron chi connectivity index (χ3n) is 3.29. The third kappa shape index (κ3) is 5.53. The summed E-state index contributed by atoms with van der Waals surface area (Å²) in [6, 6.07) is 22.7. The van der Waals surface area contributed by atoms with Crippen LogP contribution in [0.15, 0.2) is 60.7 Å². The first-order chi connectivity index (χ1) is 10.5. The second kappa shape index (κ2) is 8.28. The van der Waals surface area contributed by atoms with Crippen LogP contribution < -0.4 is 4.90 Å². The Hall–Kier alpha value is -0.634. The van der Waals surface area contributed by atoms with Gasteiger partial charge in [-0.3, -0.25) is 0 Å². The maximum atomic E-state index is 3.35. The van der Waals surface area contributed by atoms with Gasteiger partial charge in [-0.15, -0.1) is 0 Å². The average molecular weight is 439 g/mol. The average Bonchev–Trinajstić information content (AvgIpc) is 2.48. The van der Waals surface area contributed by atoms with Crippen LogP contribution >= 0.6 is 0 Å². The van der Waals surface area contributed by atoms with Crippen molar-refractivity contribution >= 4 is 53.4 Å². The molecule has 2 aromatic rings. The van der Waals surface area contributed by atoms with E-state index in [1.807, 2.05) is 0 Å². The van der Waals surface area contributed by atoms with Gasteiger partial charge in [-0.1, -0.05) is 0 Å². The van der Waals surface area contributed by atoms with Gasteiger partial charge in [0.15, 0.2) is 0 Å². The van der Waals surface area contributed by atoms with Crippen LogP contribution in [0.2, 0.25) is 31.0 Å². The number of hydrogen-bond donors (Lipinski definition) is 0. The van der Waals surface area contributed by atoms with E-state index in [4.69, 9.17) is 0 Å². The first-order valence-corrected chi connectivity index (χ1v) is 14.2. The summed E-state index contributed by atoms with van der Waals surface area (Å²) >= 11 is 3.84. The molecule has 116 valence electrons. The fraction of sp³-hybridized carbons (Fsp3) is 0.278. The van der Waals surface area contributed by atoms with Crippen molar-refractivity contribution in [2.45, 2.75) is 31.0 Å². The Kier molecular flexibility index (Phi) is 6.67. The van der Waals surface area contributed by atoms with Crippen LogP contribution in [0.25, 0.3) is 0 Å². The molecule has 0 aliphatic rings. The van der Waals surface area contributed by atoms with Gasteiger partial charge in [0, 0.05) is 0 Å². The van der Waals surface area contributed by atoms with Crippen LogP contribution in [0.3, 0.4) is 0 Å². The first kappa shape index (κ1) is 17.7. The van der Waals surface area contributed by atoms with Crippen LogP contribution in [0.1, 0.15) is 0 Å². The van der Waals surface area contributed by atoms with E-state index in [0.29, 0.717) is 15.0 Å².